The van der Waals surface area contributed by atoms with Crippen LogP contribution in [0.5, 0.6) is 0 Å². The van der Waals surface area contributed by atoms with Crippen molar-refractivity contribution in [1.82, 2.24) is 9.78 Å². The van der Waals surface area contributed by atoms with Gasteiger partial charge in [-0.2, -0.15) is 5.10 Å². The van der Waals surface area contributed by atoms with E-state index in [-0.39, 0.29) is 5.56 Å². The van der Waals surface area contributed by atoms with E-state index in [1.165, 1.54) is 4.68 Å². The normalized spacial score (nSPS) is 10.4. The molecule has 0 radical (unpaired) electrons. The molecule has 0 atom stereocenters. The predicted molar refractivity (Wildman–Crippen MR) is 76.3 cm³/mol. The van der Waals surface area contributed by atoms with Crippen LogP contribution in [-0.2, 0) is 6.54 Å². The van der Waals surface area contributed by atoms with E-state index < -0.39 is 0 Å². The van der Waals surface area contributed by atoms with Crippen molar-refractivity contribution in [3.63, 3.8) is 0 Å². The average molecular weight is 258 g/mol. The maximum absolute atomic E-state index is 11.9. The molecule has 0 saturated carbocycles. The number of rotatable bonds is 5. The summed E-state index contributed by atoms with van der Waals surface area (Å²) in [5.41, 5.74) is 8.23. The minimum atomic E-state index is -0.120. The highest BCUT2D eigenvalue weighted by atomic mass is 16.1. The first-order valence-corrected chi connectivity index (χ1v) is 6.26. The summed E-state index contributed by atoms with van der Waals surface area (Å²) in [6, 6.07) is 9.52. The fraction of sp³-hybridized carbons (Fsp3) is 0.286. The lowest BCUT2D eigenvalue weighted by Crippen LogP contribution is -2.24. The molecular formula is C14H18N4O. The van der Waals surface area contributed by atoms with Gasteiger partial charge in [-0.25, -0.2) is 4.68 Å². The van der Waals surface area contributed by atoms with E-state index in [0.29, 0.717) is 25.3 Å². The van der Waals surface area contributed by atoms with Crippen LogP contribution in [0.15, 0.2) is 41.3 Å². The van der Waals surface area contributed by atoms with E-state index in [9.17, 15) is 4.79 Å². The smallest absolute Gasteiger partial charge is 0.269 e. The van der Waals surface area contributed by atoms with Crippen LogP contribution in [0.2, 0.25) is 0 Å². The van der Waals surface area contributed by atoms with E-state index in [4.69, 9.17) is 5.73 Å². The molecule has 5 nitrogen and oxygen atoms in total. The third-order valence-electron chi connectivity index (χ3n) is 2.92. The van der Waals surface area contributed by atoms with E-state index in [1.54, 1.807) is 12.3 Å². The molecule has 2 aromatic rings. The Hall–Kier alpha value is -2.14. The number of nitrogens with zero attached hydrogens (tertiary/aromatic N) is 2. The molecule has 0 bridgehead atoms. The van der Waals surface area contributed by atoms with Crippen LogP contribution >= 0.6 is 0 Å². The largest absolute Gasteiger partial charge is 0.382 e. The van der Waals surface area contributed by atoms with Crippen molar-refractivity contribution < 1.29 is 0 Å². The van der Waals surface area contributed by atoms with Gasteiger partial charge in [-0.3, -0.25) is 4.79 Å². The number of aromatic nitrogens is 2. The molecule has 2 rings (SSSR count). The lowest BCUT2D eigenvalue weighted by Gasteiger charge is -2.09. The third kappa shape index (κ3) is 3.42. The summed E-state index contributed by atoms with van der Waals surface area (Å²) < 4.78 is 1.45. The number of benzene rings is 1. The Bertz CT molecular complexity index is 606. The highest BCUT2D eigenvalue weighted by Gasteiger charge is 2.03. The zero-order valence-electron chi connectivity index (χ0n) is 11.0. The van der Waals surface area contributed by atoms with Gasteiger partial charge in [-0.15, -0.1) is 0 Å². The molecular weight excluding hydrogens is 240 g/mol. The van der Waals surface area contributed by atoms with Gasteiger partial charge in [0.15, 0.2) is 0 Å². The SMILES string of the molecule is Cc1ccccc1Cn1ncc(NCCN)cc1=O. The Balaban J connectivity index is 2.18. The second kappa shape index (κ2) is 6.15. The lowest BCUT2D eigenvalue weighted by atomic mass is 10.1. The Kier molecular flexibility index (Phi) is 4.30. The van der Waals surface area contributed by atoms with Gasteiger partial charge < -0.3 is 11.1 Å². The fourth-order valence-electron chi connectivity index (χ4n) is 1.81. The lowest BCUT2D eigenvalue weighted by molar-refractivity contribution is 0.637. The third-order valence-corrected chi connectivity index (χ3v) is 2.92. The van der Waals surface area contributed by atoms with Crippen molar-refractivity contribution in [1.29, 1.82) is 0 Å². The molecule has 1 heterocycles. The predicted octanol–water partition coefficient (Wildman–Crippen LogP) is 0.971. The number of hydrogen-bond donors (Lipinski definition) is 2. The molecule has 100 valence electrons. The second-order valence-electron chi connectivity index (χ2n) is 4.38. The molecule has 0 amide bonds. The van der Waals surface area contributed by atoms with Gasteiger partial charge in [0, 0.05) is 19.2 Å². The highest BCUT2D eigenvalue weighted by Crippen LogP contribution is 2.08. The maximum atomic E-state index is 11.9. The zero-order valence-corrected chi connectivity index (χ0v) is 11.0. The molecule has 0 saturated heterocycles. The van der Waals surface area contributed by atoms with E-state index >= 15 is 0 Å². The maximum Gasteiger partial charge on any atom is 0.269 e. The summed E-state index contributed by atoms with van der Waals surface area (Å²) in [6.45, 7) is 3.66. The molecule has 19 heavy (non-hydrogen) atoms. The van der Waals surface area contributed by atoms with Gasteiger partial charge in [0.1, 0.15) is 0 Å². The van der Waals surface area contributed by atoms with Crippen molar-refractivity contribution in [3.05, 3.63) is 58.0 Å². The molecule has 1 aromatic carbocycles. The Labute approximate surface area is 112 Å². The van der Waals surface area contributed by atoms with Crippen molar-refractivity contribution in [2.75, 3.05) is 18.4 Å². The number of aryl methyl sites for hydroxylation is 1. The average Bonchev–Trinajstić information content (AvgIpc) is 2.41. The molecule has 5 heteroatoms. The fourth-order valence-corrected chi connectivity index (χ4v) is 1.81. The van der Waals surface area contributed by atoms with E-state index in [2.05, 4.69) is 10.4 Å². The van der Waals surface area contributed by atoms with E-state index in [0.717, 1.165) is 11.1 Å². The first-order chi connectivity index (χ1) is 9.20. The molecule has 3 N–H and O–H groups in total. The molecule has 0 unspecified atom stereocenters. The van der Waals surface area contributed by atoms with Crippen LogP contribution < -0.4 is 16.6 Å². The minimum Gasteiger partial charge on any atom is -0.382 e. The summed E-state index contributed by atoms with van der Waals surface area (Å²) in [7, 11) is 0. The van der Waals surface area contributed by atoms with Crippen LogP contribution in [-0.4, -0.2) is 22.9 Å². The van der Waals surface area contributed by atoms with Gasteiger partial charge in [0.25, 0.3) is 5.56 Å². The zero-order chi connectivity index (χ0) is 13.7. The summed E-state index contributed by atoms with van der Waals surface area (Å²) >= 11 is 0. The first kappa shape index (κ1) is 13.3. The van der Waals surface area contributed by atoms with Crippen LogP contribution in [0.4, 0.5) is 5.69 Å². The van der Waals surface area contributed by atoms with Crippen molar-refractivity contribution in [2.24, 2.45) is 5.73 Å². The molecule has 0 fully saturated rings. The van der Waals surface area contributed by atoms with Gasteiger partial charge in [0.05, 0.1) is 18.4 Å². The van der Waals surface area contributed by atoms with Crippen LogP contribution in [0.3, 0.4) is 0 Å². The highest BCUT2D eigenvalue weighted by molar-refractivity contribution is 5.38. The summed E-state index contributed by atoms with van der Waals surface area (Å²) in [4.78, 5) is 11.9. The summed E-state index contributed by atoms with van der Waals surface area (Å²) in [5, 5.41) is 7.21. The quantitative estimate of drug-likeness (QED) is 0.838. The van der Waals surface area contributed by atoms with Crippen LogP contribution in [0.25, 0.3) is 0 Å². The van der Waals surface area contributed by atoms with Crippen molar-refractivity contribution in [2.45, 2.75) is 13.5 Å². The Morgan fingerprint density at radius 3 is 2.84 bits per heavy atom. The van der Waals surface area contributed by atoms with Gasteiger partial charge >= 0.3 is 0 Å². The molecule has 0 spiro atoms. The number of nitrogens with one attached hydrogen (secondary N) is 1. The van der Waals surface area contributed by atoms with E-state index in [1.807, 2.05) is 31.2 Å². The van der Waals surface area contributed by atoms with Gasteiger partial charge in [0.2, 0.25) is 0 Å². The standard InChI is InChI=1S/C14H18N4O/c1-11-4-2-3-5-12(11)10-18-14(19)8-13(9-17-18)16-7-6-15/h2-5,8-9,16H,6-7,10,15H2,1H3. The Morgan fingerprint density at radius 1 is 1.37 bits per heavy atom. The molecule has 0 aliphatic carbocycles. The summed E-state index contributed by atoms with van der Waals surface area (Å²) in [6.07, 6.45) is 1.65. The number of anilines is 1. The number of nitrogens with two attached hydrogens (primary N) is 1. The van der Waals surface area contributed by atoms with Crippen LogP contribution in [0, 0.1) is 6.92 Å². The topological polar surface area (TPSA) is 72.9 Å². The molecule has 0 aliphatic heterocycles. The molecule has 1 aromatic heterocycles. The van der Waals surface area contributed by atoms with Crippen molar-refractivity contribution >= 4 is 5.69 Å². The van der Waals surface area contributed by atoms with Gasteiger partial charge in [-0.1, -0.05) is 24.3 Å². The number of hydrogen-bond acceptors (Lipinski definition) is 4. The monoisotopic (exact) mass is 258 g/mol. The summed E-state index contributed by atoms with van der Waals surface area (Å²) in [5.74, 6) is 0. The Morgan fingerprint density at radius 2 is 2.16 bits per heavy atom. The second-order valence-corrected chi connectivity index (χ2v) is 4.38. The molecule has 0 aliphatic rings. The van der Waals surface area contributed by atoms with Gasteiger partial charge in [-0.05, 0) is 18.1 Å². The minimum absolute atomic E-state index is 0.120. The van der Waals surface area contributed by atoms with Crippen LogP contribution in [0.1, 0.15) is 11.1 Å². The van der Waals surface area contributed by atoms with Crippen molar-refractivity contribution in [3.8, 4) is 0 Å². The first-order valence-electron chi connectivity index (χ1n) is 6.26.